The van der Waals surface area contributed by atoms with E-state index in [1.165, 1.54) is 4.90 Å². The van der Waals surface area contributed by atoms with Crippen molar-refractivity contribution in [1.29, 1.82) is 0 Å². The van der Waals surface area contributed by atoms with Gasteiger partial charge in [-0.05, 0) is 32.6 Å². The minimum Gasteiger partial charge on any atom is -0.481 e. The number of hydrogen-bond donors (Lipinski definition) is 2. The van der Waals surface area contributed by atoms with Crippen molar-refractivity contribution in [2.24, 2.45) is 17.8 Å². The molecule has 1 rings (SSSR count). The van der Waals surface area contributed by atoms with Crippen molar-refractivity contribution < 1.29 is 19.5 Å². The van der Waals surface area contributed by atoms with Crippen LogP contribution in [0.1, 0.15) is 40.0 Å². The molecule has 1 unspecified atom stereocenters. The smallest absolute Gasteiger partial charge is 0.307 e. The van der Waals surface area contributed by atoms with Gasteiger partial charge in [0.2, 0.25) is 11.8 Å². The molecule has 1 aliphatic carbocycles. The predicted molar refractivity (Wildman–Crippen MR) is 78.6 cm³/mol. The Hall–Kier alpha value is -1.59. The van der Waals surface area contributed by atoms with Crippen LogP contribution >= 0.6 is 0 Å². The van der Waals surface area contributed by atoms with Crippen molar-refractivity contribution in [3.63, 3.8) is 0 Å². The maximum absolute atomic E-state index is 12.6. The minimum atomic E-state index is -0.904. The number of nitrogens with one attached hydrogen (secondary N) is 1. The Morgan fingerprint density at radius 3 is 2.24 bits per heavy atom. The molecule has 21 heavy (non-hydrogen) atoms. The number of rotatable bonds is 7. The van der Waals surface area contributed by atoms with Crippen LogP contribution in [0.2, 0.25) is 0 Å². The Balaban J connectivity index is 2.77. The number of carbonyl (C=O) groups excluding carboxylic acids is 2. The van der Waals surface area contributed by atoms with E-state index in [0.29, 0.717) is 25.9 Å². The van der Waals surface area contributed by atoms with Crippen LogP contribution in [-0.4, -0.2) is 47.4 Å². The van der Waals surface area contributed by atoms with E-state index in [0.717, 1.165) is 6.42 Å². The van der Waals surface area contributed by atoms with Gasteiger partial charge >= 0.3 is 5.97 Å². The summed E-state index contributed by atoms with van der Waals surface area (Å²) in [4.78, 5) is 37.0. The summed E-state index contributed by atoms with van der Waals surface area (Å²) in [5.74, 6) is -2.15. The topological polar surface area (TPSA) is 86.7 Å². The molecule has 3 atom stereocenters. The van der Waals surface area contributed by atoms with Crippen molar-refractivity contribution >= 4 is 17.8 Å². The van der Waals surface area contributed by atoms with Crippen LogP contribution in [0.5, 0.6) is 0 Å². The number of amides is 2. The van der Waals surface area contributed by atoms with E-state index in [1.54, 1.807) is 6.92 Å². The number of hydrogen-bond acceptors (Lipinski definition) is 3. The maximum Gasteiger partial charge on any atom is 0.307 e. The summed E-state index contributed by atoms with van der Waals surface area (Å²) in [7, 11) is 0. The fraction of sp³-hybridized carbons (Fsp3) is 0.800. The monoisotopic (exact) mass is 298 g/mol. The fourth-order valence-electron chi connectivity index (χ4n) is 3.03. The molecule has 0 saturated heterocycles. The van der Waals surface area contributed by atoms with Gasteiger partial charge < -0.3 is 15.3 Å². The summed E-state index contributed by atoms with van der Waals surface area (Å²) in [6.07, 6.45) is 2.05. The van der Waals surface area contributed by atoms with E-state index in [9.17, 15) is 19.5 Å². The van der Waals surface area contributed by atoms with Gasteiger partial charge in [-0.25, -0.2) is 0 Å². The lowest BCUT2D eigenvalue weighted by Gasteiger charge is -2.25. The van der Waals surface area contributed by atoms with Gasteiger partial charge in [-0.3, -0.25) is 14.4 Å². The normalized spacial score (nSPS) is 24.6. The first-order chi connectivity index (χ1) is 9.94. The quantitative estimate of drug-likeness (QED) is 0.737. The van der Waals surface area contributed by atoms with Crippen LogP contribution < -0.4 is 5.32 Å². The molecule has 120 valence electrons. The zero-order valence-corrected chi connectivity index (χ0v) is 13.1. The first-order valence-corrected chi connectivity index (χ1v) is 7.72. The highest BCUT2D eigenvalue weighted by Crippen LogP contribution is 2.39. The van der Waals surface area contributed by atoms with E-state index in [4.69, 9.17) is 0 Å². The molecule has 2 amide bonds. The standard InChI is InChI=1S/C15H26N2O4/c1-4-10-7-11(12(8-10)15(20)21)14(19)17(6-3)9-13(18)16-5-2/h10-12H,4-9H2,1-3H3,(H,16,18)(H,20,21)/t10?,11-,12+/m0/s1. The molecule has 2 N–H and O–H groups in total. The van der Waals surface area contributed by atoms with E-state index >= 15 is 0 Å². The minimum absolute atomic E-state index is 0.00278. The number of aliphatic carboxylic acids is 1. The second kappa shape index (κ2) is 8.00. The van der Waals surface area contributed by atoms with Gasteiger partial charge in [-0.1, -0.05) is 13.3 Å². The van der Waals surface area contributed by atoms with Crippen LogP contribution in [-0.2, 0) is 14.4 Å². The molecule has 0 aromatic carbocycles. The molecule has 0 bridgehead atoms. The highest BCUT2D eigenvalue weighted by atomic mass is 16.4. The molecule has 0 aliphatic heterocycles. The molecule has 6 nitrogen and oxygen atoms in total. The van der Waals surface area contributed by atoms with Crippen molar-refractivity contribution in [3.8, 4) is 0 Å². The molecule has 0 aromatic rings. The van der Waals surface area contributed by atoms with Crippen LogP contribution in [0, 0.1) is 17.8 Å². The van der Waals surface area contributed by atoms with E-state index in [-0.39, 0.29) is 24.3 Å². The lowest BCUT2D eigenvalue weighted by atomic mass is 9.94. The first kappa shape index (κ1) is 17.5. The summed E-state index contributed by atoms with van der Waals surface area (Å²) in [5, 5.41) is 12.0. The van der Waals surface area contributed by atoms with E-state index < -0.39 is 17.8 Å². The third kappa shape index (κ3) is 4.44. The van der Waals surface area contributed by atoms with Crippen LogP contribution in [0.15, 0.2) is 0 Å². The molecule has 6 heteroatoms. The lowest BCUT2D eigenvalue weighted by molar-refractivity contribution is -0.149. The predicted octanol–water partition coefficient (Wildman–Crippen LogP) is 1.11. The van der Waals surface area contributed by atoms with Gasteiger partial charge in [0.1, 0.15) is 0 Å². The summed E-state index contributed by atoms with van der Waals surface area (Å²) < 4.78 is 0. The number of carboxylic acids is 1. The maximum atomic E-state index is 12.6. The SMILES string of the molecule is CCNC(=O)CN(CC)C(=O)[C@H]1CC(CC)C[C@H]1C(=O)O. The van der Waals surface area contributed by atoms with Crippen molar-refractivity contribution in [2.75, 3.05) is 19.6 Å². The Kier molecular flexibility index (Phi) is 6.65. The highest BCUT2D eigenvalue weighted by Gasteiger charge is 2.43. The van der Waals surface area contributed by atoms with Gasteiger partial charge in [-0.15, -0.1) is 0 Å². The zero-order chi connectivity index (χ0) is 16.0. The van der Waals surface area contributed by atoms with Crippen molar-refractivity contribution in [3.05, 3.63) is 0 Å². The molecule has 1 saturated carbocycles. The van der Waals surface area contributed by atoms with Crippen LogP contribution in [0.25, 0.3) is 0 Å². The second-order valence-electron chi connectivity index (χ2n) is 5.60. The Morgan fingerprint density at radius 2 is 1.76 bits per heavy atom. The average molecular weight is 298 g/mol. The number of carbonyl (C=O) groups is 3. The molecule has 1 fully saturated rings. The largest absolute Gasteiger partial charge is 0.481 e. The Morgan fingerprint density at radius 1 is 1.14 bits per heavy atom. The van der Waals surface area contributed by atoms with Gasteiger partial charge in [-0.2, -0.15) is 0 Å². The number of nitrogens with zero attached hydrogens (tertiary/aromatic N) is 1. The molecule has 0 radical (unpaired) electrons. The van der Waals surface area contributed by atoms with Gasteiger partial charge in [0.05, 0.1) is 18.4 Å². The van der Waals surface area contributed by atoms with Crippen LogP contribution in [0.3, 0.4) is 0 Å². The van der Waals surface area contributed by atoms with Crippen molar-refractivity contribution in [2.45, 2.75) is 40.0 Å². The Bertz CT molecular complexity index is 397. The molecule has 1 aliphatic rings. The average Bonchev–Trinajstić information content (AvgIpc) is 2.88. The second-order valence-corrected chi connectivity index (χ2v) is 5.60. The van der Waals surface area contributed by atoms with Crippen molar-refractivity contribution in [1.82, 2.24) is 10.2 Å². The first-order valence-electron chi connectivity index (χ1n) is 7.72. The fourth-order valence-corrected chi connectivity index (χ4v) is 3.03. The lowest BCUT2D eigenvalue weighted by Crippen LogP contribution is -2.44. The number of likely N-dealkylation sites (N-methyl/N-ethyl adjacent to an activating group) is 2. The van der Waals surface area contributed by atoms with Gasteiger partial charge in [0.25, 0.3) is 0 Å². The summed E-state index contributed by atoms with van der Waals surface area (Å²) in [6, 6.07) is 0. The summed E-state index contributed by atoms with van der Waals surface area (Å²) in [5.41, 5.74) is 0. The third-order valence-corrected chi connectivity index (χ3v) is 4.27. The van der Waals surface area contributed by atoms with Gasteiger partial charge in [0, 0.05) is 13.1 Å². The van der Waals surface area contributed by atoms with E-state index in [2.05, 4.69) is 5.32 Å². The Labute approximate surface area is 125 Å². The summed E-state index contributed by atoms with van der Waals surface area (Å²) in [6.45, 7) is 6.57. The number of carboxylic acid groups (broad SMARTS) is 1. The molecular weight excluding hydrogens is 272 g/mol. The van der Waals surface area contributed by atoms with Crippen LogP contribution in [0.4, 0.5) is 0 Å². The molecule has 0 spiro atoms. The van der Waals surface area contributed by atoms with Gasteiger partial charge in [0.15, 0.2) is 0 Å². The molecular formula is C15H26N2O4. The highest BCUT2D eigenvalue weighted by molar-refractivity contribution is 5.89. The third-order valence-electron chi connectivity index (χ3n) is 4.27. The summed E-state index contributed by atoms with van der Waals surface area (Å²) >= 11 is 0. The zero-order valence-electron chi connectivity index (χ0n) is 13.1. The van der Waals surface area contributed by atoms with E-state index in [1.807, 2.05) is 13.8 Å². The molecule has 0 aromatic heterocycles. The molecule has 0 heterocycles.